The van der Waals surface area contributed by atoms with Gasteiger partial charge < -0.3 is 9.88 Å². The number of rotatable bonds is 4. The molecule has 2 heterocycles. The third kappa shape index (κ3) is 3.09. The van der Waals surface area contributed by atoms with Crippen molar-refractivity contribution in [3.05, 3.63) is 71.7 Å². The molecule has 134 valence electrons. The third-order valence-electron chi connectivity index (χ3n) is 4.83. The smallest absolute Gasteiger partial charge is 0.252 e. The lowest BCUT2D eigenvalue weighted by molar-refractivity contribution is 0.0932. The molecule has 0 spiro atoms. The Hall–Kier alpha value is -2.70. The van der Waals surface area contributed by atoms with Gasteiger partial charge in [-0.25, -0.2) is 15.2 Å². The van der Waals surface area contributed by atoms with E-state index in [0.717, 1.165) is 13.0 Å². The Labute approximate surface area is 151 Å². The quantitative estimate of drug-likeness (QED) is 0.676. The Morgan fingerprint density at radius 2 is 1.96 bits per heavy atom. The van der Waals surface area contributed by atoms with Crippen molar-refractivity contribution in [3.8, 4) is 0 Å². The number of carbonyl (C=O) groups excluding carboxylic acids is 1. The maximum atomic E-state index is 13.0. The van der Waals surface area contributed by atoms with E-state index >= 15 is 0 Å². The summed E-state index contributed by atoms with van der Waals surface area (Å²) in [7, 11) is 0. The van der Waals surface area contributed by atoms with Crippen molar-refractivity contribution in [3.63, 3.8) is 0 Å². The van der Waals surface area contributed by atoms with E-state index in [1.807, 2.05) is 12.1 Å². The molecule has 1 amide bonds. The van der Waals surface area contributed by atoms with E-state index in [0.29, 0.717) is 5.56 Å². The van der Waals surface area contributed by atoms with Gasteiger partial charge in [-0.15, -0.1) is 0 Å². The Kier molecular flexibility index (Phi) is 4.44. The monoisotopic (exact) mass is 352 g/mol. The van der Waals surface area contributed by atoms with Crippen LogP contribution in [0.3, 0.4) is 0 Å². The summed E-state index contributed by atoms with van der Waals surface area (Å²) in [6.45, 7) is 3.01. The highest BCUT2D eigenvalue weighted by atomic mass is 19.1. The summed E-state index contributed by atoms with van der Waals surface area (Å²) < 4.78 is 15.3. The maximum Gasteiger partial charge on any atom is 0.252 e. The van der Waals surface area contributed by atoms with Crippen LogP contribution in [0.15, 0.2) is 54.6 Å². The van der Waals surface area contributed by atoms with E-state index in [1.54, 1.807) is 0 Å². The molecule has 2 atom stereocenters. The number of benzene rings is 2. The highest BCUT2D eigenvalue weighted by Crippen LogP contribution is 2.28. The molecule has 1 aliphatic heterocycles. The van der Waals surface area contributed by atoms with Crippen LogP contribution < -0.4 is 16.2 Å². The second kappa shape index (κ2) is 6.90. The number of aromatic nitrogens is 1. The van der Waals surface area contributed by atoms with Gasteiger partial charge in [-0.05, 0) is 48.7 Å². The molecule has 6 heteroatoms. The Morgan fingerprint density at radius 3 is 2.73 bits per heavy atom. The Morgan fingerprint density at radius 1 is 1.19 bits per heavy atom. The lowest BCUT2D eigenvalue weighted by atomic mass is 10.1. The fourth-order valence-corrected chi connectivity index (χ4v) is 3.56. The molecule has 3 aromatic rings. The van der Waals surface area contributed by atoms with Crippen molar-refractivity contribution in [2.45, 2.75) is 32.1 Å². The van der Waals surface area contributed by atoms with Crippen LogP contribution in [0.4, 0.5) is 4.39 Å². The van der Waals surface area contributed by atoms with Crippen molar-refractivity contribution in [1.29, 1.82) is 0 Å². The van der Waals surface area contributed by atoms with Crippen LogP contribution in [0.1, 0.15) is 35.4 Å². The van der Waals surface area contributed by atoms with E-state index in [4.69, 9.17) is 0 Å². The molecule has 2 aromatic carbocycles. The Balaban J connectivity index is 1.48. The first-order valence-corrected chi connectivity index (χ1v) is 8.81. The standard InChI is InChI=1S/C20H21FN4O/c1-2-25-17-6-4-3-5-14(17)11-18(25)16-12-19(24-23-16)22-20(26)13-7-9-15(21)10-8-13/h3-11,16,19,23-24H,2,12H2,1H3,(H,22,26). The number of nitrogens with one attached hydrogen (secondary N) is 3. The normalized spacial score (nSPS) is 19.8. The molecule has 1 saturated heterocycles. The van der Waals surface area contributed by atoms with E-state index in [2.05, 4.69) is 45.9 Å². The first-order valence-electron chi connectivity index (χ1n) is 8.81. The van der Waals surface area contributed by atoms with Crippen molar-refractivity contribution >= 4 is 16.8 Å². The van der Waals surface area contributed by atoms with E-state index in [9.17, 15) is 9.18 Å². The molecular formula is C20H21FN4O. The number of halogens is 1. The average Bonchev–Trinajstić information content (AvgIpc) is 3.26. The van der Waals surface area contributed by atoms with Gasteiger partial charge in [0.25, 0.3) is 5.91 Å². The van der Waals surface area contributed by atoms with E-state index < -0.39 is 0 Å². The molecular weight excluding hydrogens is 331 g/mol. The maximum absolute atomic E-state index is 13.0. The number of fused-ring (bicyclic) bond motifs is 1. The first kappa shape index (κ1) is 16.8. The van der Waals surface area contributed by atoms with Gasteiger partial charge in [0.05, 0.1) is 12.2 Å². The van der Waals surface area contributed by atoms with E-state index in [-0.39, 0.29) is 23.9 Å². The van der Waals surface area contributed by atoms with E-state index in [1.165, 1.54) is 40.9 Å². The third-order valence-corrected chi connectivity index (χ3v) is 4.83. The number of hydrogen-bond acceptors (Lipinski definition) is 3. The topological polar surface area (TPSA) is 58.1 Å². The molecule has 1 aromatic heterocycles. The number of amides is 1. The summed E-state index contributed by atoms with van der Waals surface area (Å²) in [6, 6.07) is 16.2. The minimum atomic E-state index is -0.352. The fourth-order valence-electron chi connectivity index (χ4n) is 3.56. The molecule has 1 fully saturated rings. The second-order valence-corrected chi connectivity index (χ2v) is 6.48. The van der Waals surface area contributed by atoms with Gasteiger partial charge in [-0.1, -0.05) is 18.2 Å². The number of hydrogen-bond donors (Lipinski definition) is 3. The Bertz CT molecular complexity index is 935. The van der Waals surface area contributed by atoms with Crippen molar-refractivity contribution < 1.29 is 9.18 Å². The molecule has 0 radical (unpaired) electrons. The van der Waals surface area contributed by atoms with Gasteiger partial charge in [0, 0.05) is 29.7 Å². The van der Waals surface area contributed by atoms with Crippen LogP contribution in [0.2, 0.25) is 0 Å². The molecule has 2 unspecified atom stereocenters. The van der Waals surface area contributed by atoms with Gasteiger partial charge in [0.15, 0.2) is 0 Å². The van der Waals surface area contributed by atoms with Crippen LogP contribution >= 0.6 is 0 Å². The number of carbonyl (C=O) groups is 1. The molecule has 0 saturated carbocycles. The number of para-hydroxylation sites is 1. The summed E-state index contributed by atoms with van der Waals surface area (Å²) in [5, 5.41) is 4.15. The van der Waals surface area contributed by atoms with Crippen molar-refractivity contribution in [2.24, 2.45) is 0 Å². The highest BCUT2D eigenvalue weighted by Gasteiger charge is 2.28. The van der Waals surface area contributed by atoms with Crippen LogP contribution in [-0.4, -0.2) is 16.6 Å². The number of hydrazine groups is 1. The lowest BCUT2D eigenvalue weighted by Gasteiger charge is -2.14. The minimum Gasteiger partial charge on any atom is -0.343 e. The molecule has 4 rings (SSSR count). The SMILES string of the molecule is CCn1c(C2CC(NC(=O)c3ccc(F)cc3)NN2)cc2ccccc21. The molecule has 3 N–H and O–H groups in total. The van der Waals surface area contributed by atoms with Gasteiger partial charge in [-0.3, -0.25) is 4.79 Å². The zero-order valence-electron chi connectivity index (χ0n) is 14.5. The summed E-state index contributed by atoms with van der Waals surface area (Å²) in [4.78, 5) is 12.3. The van der Waals surface area contributed by atoms with Gasteiger partial charge in [0.2, 0.25) is 0 Å². The predicted molar refractivity (Wildman–Crippen MR) is 98.9 cm³/mol. The van der Waals surface area contributed by atoms with Crippen molar-refractivity contribution in [1.82, 2.24) is 20.7 Å². The molecule has 1 aliphatic rings. The summed E-state index contributed by atoms with van der Waals surface area (Å²) in [5.74, 6) is -0.573. The average molecular weight is 352 g/mol. The molecule has 26 heavy (non-hydrogen) atoms. The molecule has 0 aliphatic carbocycles. The van der Waals surface area contributed by atoms with Gasteiger partial charge in [-0.2, -0.15) is 0 Å². The molecule has 5 nitrogen and oxygen atoms in total. The second-order valence-electron chi connectivity index (χ2n) is 6.48. The van der Waals surface area contributed by atoms with Gasteiger partial charge in [0.1, 0.15) is 5.82 Å². The summed E-state index contributed by atoms with van der Waals surface area (Å²) in [6.07, 6.45) is 0.532. The first-order chi connectivity index (χ1) is 12.7. The lowest BCUT2D eigenvalue weighted by Crippen LogP contribution is -2.44. The zero-order valence-corrected chi connectivity index (χ0v) is 14.5. The summed E-state index contributed by atoms with van der Waals surface area (Å²) in [5.41, 5.74) is 9.27. The fraction of sp³-hybridized carbons (Fsp3) is 0.250. The number of aryl methyl sites for hydroxylation is 1. The zero-order chi connectivity index (χ0) is 18.1. The van der Waals surface area contributed by atoms with Crippen LogP contribution in [0.25, 0.3) is 10.9 Å². The predicted octanol–water partition coefficient (Wildman–Crippen LogP) is 3.10. The largest absolute Gasteiger partial charge is 0.343 e. The minimum absolute atomic E-state index is 0.0980. The highest BCUT2D eigenvalue weighted by molar-refractivity contribution is 5.94. The summed E-state index contributed by atoms with van der Waals surface area (Å²) >= 11 is 0. The van der Waals surface area contributed by atoms with Crippen LogP contribution in [-0.2, 0) is 6.54 Å². The van der Waals surface area contributed by atoms with Crippen molar-refractivity contribution in [2.75, 3.05) is 0 Å². The number of nitrogens with zero attached hydrogens (tertiary/aromatic N) is 1. The van der Waals surface area contributed by atoms with Crippen LogP contribution in [0.5, 0.6) is 0 Å². The van der Waals surface area contributed by atoms with Crippen LogP contribution in [0, 0.1) is 5.82 Å². The van der Waals surface area contributed by atoms with Gasteiger partial charge >= 0.3 is 0 Å². The molecule has 0 bridgehead atoms.